The number of ether oxygens (including phenoxy) is 1. The van der Waals surface area contributed by atoms with Gasteiger partial charge in [-0.3, -0.25) is 10.1 Å². The van der Waals surface area contributed by atoms with Gasteiger partial charge < -0.3 is 10.1 Å². The first-order valence-corrected chi connectivity index (χ1v) is 8.63. The van der Waals surface area contributed by atoms with Crippen LogP contribution in [-0.2, 0) is 4.74 Å². The van der Waals surface area contributed by atoms with Crippen molar-refractivity contribution in [1.29, 1.82) is 0 Å². The van der Waals surface area contributed by atoms with Gasteiger partial charge in [-0.2, -0.15) is 10.1 Å². The van der Waals surface area contributed by atoms with Crippen molar-refractivity contribution in [2.24, 2.45) is 0 Å². The number of aromatic nitrogens is 6. The molecular formula is C21H21N7O. The smallest absolute Gasteiger partial charge is 0.247 e. The van der Waals surface area contributed by atoms with Crippen LogP contribution in [0.3, 0.4) is 0 Å². The summed E-state index contributed by atoms with van der Waals surface area (Å²) < 4.78 is 6.57. The van der Waals surface area contributed by atoms with Crippen molar-refractivity contribution in [3.05, 3.63) is 86.3 Å². The van der Waals surface area contributed by atoms with Gasteiger partial charge in [0.1, 0.15) is 5.76 Å². The molecular weight excluding hydrogens is 366 g/mol. The fraction of sp³-hybridized carbons (Fsp3) is 0.0476. The Kier molecular flexibility index (Phi) is 5.84. The molecule has 2 N–H and O–H groups in total. The minimum absolute atomic E-state index is 0.386. The number of pyridine rings is 1. The van der Waals surface area contributed by atoms with Crippen LogP contribution < -0.4 is 5.32 Å². The van der Waals surface area contributed by atoms with Crippen molar-refractivity contribution in [2.75, 3.05) is 12.4 Å². The van der Waals surface area contributed by atoms with Crippen molar-refractivity contribution >= 4 is 23.4 Å². The molecule has 0 aliphatic heterocycles. The van der Waals surface area contributed by atoms with Gasteiger partial charge in [0.25, 0.3) is 0 Å². The van der Waals surface area contributed by atoms with Gasteiger partial charge in [-0.05, 0) is 35.9 Å². The summed E-state index contributed by atoms with van der Waals surface area (Å²) in [5.74, 6) is 1.42. The lowest BCUT2D eigenvalue weighted by atomic mass is 10.2. The van der Waals surface area contributed by atoms with E-state index in [0.717, 1.165) is 16.9 Å². The van der Waals surface area contributed by atoms with E-state index in [-0.39, 0.29) is 0 Å². The highest BCUT2D eigenvalue weighted by Crippen LogP contribution is 2.21. The number of aromatic amines is 1. The van der Waals surface area contributed by atoms with Gasteiger partial charge >= 0.3 is 0 Å². The third-order valence-electron chi connectivity index (χ3n) is 3.99. The Bertz CT molecular complexity index is 1070. The van der Waals surface area contributed by atoms with Gasteiger partial charge in [-0.15, -0.1) is 5.10 Å². The number of methoxy groups -OCH3 is 1. The summed E-state index contributed by atoms with van der Waals surface area (Å²) in [6.45, 7) is 15.6. The number of hydrogen-bond acceptors (Lipinski definition) is 6. The summed E-state index contributed by atoms with van der Waals surface area (Å²) in [6.07, 6.45) is 10.2. The fourth-order valence-corrected chi connectivity index (χ4v) is 2.36. The van der Waals surface area contributed by atoms with E-state index in [2.05, 4.69) is 56.9 Å². The van der Waals surface area contributed by atoms with E-state index in [4.69, 9.17) is 4.74 Å². The zero-order chi connectivity index (χ0) is 20.8. The Morgan fingerprint density at radius 3 is 2.66 bits per heavy atom. The normalized spacial score (nSPS) is 10.7. The molecule has 0 aliphatic rings. The second-order valence-electron chi connectivity index (χ2n) is 5.93. The molecule has 0 unspecified atom stereocenters. The number of hydrogen-bond donors (Lipinski definition) is 2. The van der Waals surface area contributed by atoms with Gasteiger partial charge in [0.15, 0.2) is 5.82 Å². The minimum Gasteiger partial charge on any atom is -0.497 e. The summed E-state index contributed by atoms with van der Waals surface area (Å²) in [4.78, 5) is 8.84. The molecule has 0 aromatic carbocycles. The molecule has 0 bridgehead atoms. The van der Waals surface area contributed by atoms with E-state index in [0.29, 0.717) is 28.8 Å². The van der Waals surface area contributed by atoms with E-state index >= 15 is 0 Å². The summed E-state index contributed by atoms with van der Waals surface area (Å²) in [7, 11) is 1.55. The van der Waals surface area contributed by atoms with Crippen molar-refractivity contribution in [3.63, 3.8) is 0 Å². The number of nitrogens with zero attached hydrogens (tertiary/aromatic N) is 5. The molecule has 0 atom stereocenters. The molecule has 3 rings (SSSR count). The topological polar surface area (TPSA) is 93.5 Å². The number of nitrogens with one attached hydrogen (secondary N) is 2. The van der Waals surface area contributed by atoms with Crippen LogP contribution in [0.4, 0.5) is 11.6 Å². The van der Waals surface area contributed by atoms with Crippen molar-refractivity contribution in [3.8, 4) is 11.3 Å². The van der Waals surface area contributed by atoms with Crippen LogP contribution in [-0.4, -0.2) is 37.1 Å². The number of allylic oxidation sites excluding steroid dienone is 4. The highest BCUT2D eigenvalue weighted by Gasteiger charge is 2.12. The Morgan fingerprint density at radius 2 is 2.03 bits per heavy atom. The van der Waals surface area contributed by atoms with Gasteiger partial charge in [-0.1, -0.05) is 26.3 Å². The molecule has 0 fully saturated rings. The lowest BCUT2D eigenvalue weighted by Crippen LogP contribution is -2.02. The standard InChI is InChI=1S/C21H21N7O/c1-6-20-26-21(27-28(20)16(4)14(2)7-8-15(3)29-5)25-18-9-10-19(22-13-18)17-11-23-24-12-17/h6-13H,1-4H2,5H3,(H,23,24)(H,25,27). The Hall–Kier alpha value is -4.20. The maximum Gasteiger partial charge on any atom is 0.247 e. The second kappa shape index (κ2) is 8.66. The summed E-state index contributed by atoms with van der Waals surface area (Å²) in [6, 6.07) is 3.77. The van der Waals surface area contributed by atoms with E-state index in [1.807, 2.05) is 12.1 Å². The molecule has 29 heavy (non-hydrogen) atoms. The largest absolute Gasteiger partial charge is 0.497 e. The Labute approximate surface area is 168 Å². The van der Waals surface area contributed by atoms with Crippen LogP contribution in [0, 0.1) is 0 Å². The first-order chi connectivity index (χ1) is 14.0. The molecule has 8 heteroatoms. The predicted octanol–water partition coefficient (Wildman–Crippen LogP) is 4.19. The monoisotopic (exact) mass is 387 g/mol. The summed E-state index contributed by atoms with van der Waals surface area (Å²) in [5, 5.41) is 14.3. The molecule has 0 radical (unpaired) electrons. The van der Waals surface area contributed by atoms with Crippen molar-refractivity contribution in [2.45, 2.75) is 0 Å². The minimum atomic E-state index is 0.386. The quantitative estimate of drug-likeness (QED) is 0.422. The van der Waals surface area contributed by atoms with Gasteiger partial charge in [0.05, 0.1) is 36.6 Å². The first kappa shape index (κ1) is 19.6. The molecule has 3 heterocycles. The number of H-pyrrole nitrogens is 1. The van der Waals surface area contributed by atoms with Crippen LogP contribution in [0.25, 0.3) is 23.0 Å². The van der Waals surface area contributed by atoms with Crippen LogP contribution in [0.2, 0.25) is 0 Å². The maximum absolute atomic E-state index is 5.01. The van der Waals surface area contributed by atoms with Crippen molar-refractivity contribution < 1.29 is 4.74 Å². The predicted molar refractivity (Wildman–Crippen MR) is 115 cm³/mol. The Morgan fingerprint density at radius 1 is 1.21 bits per heavy atom. The lowest BCUT2D eigenvalue weighted by molar-refractivity contribution is 0.309. The highest BCUT2D eigenvalue weighted by atomic mass is 16.5. The summed E-state index contributed by atoms with van der Waals surface area (Å²) in [5.41, 5.74) is 3.64. The first-order valence-electron chi connectivity index (χ1n) is 8.63. The maximum atomic E-state index is 5.01. The third kappa shape index (κ3) is 4.56. The van der Waals surface area contributed by atoms with Crippen LogP contribution in [0.15, 0.2) is 80.5 Å². The van der Waals surface area contributed by atoms with Crippen LogP contribution >= 0.6 is 0 Å². The van der Waals surface area contributed by atoms with Crippen molar-refractivity contribution in [1.82, 2.24) is 29.9 Å². The van der Waals surface area contributed by atoms with Gasteiger partial charge in [-0.25, -0.2) is 4.68 Å². The van der Waals surface area contributed by atoms with E-state index in [1.165, 1.54) is 0 Å². The molecule has 0 amide bonds. The summed E-state index contributed by atoms with van der Waals surface area (Å²) >= 11 is 0. The van der Waals surface area contributed by atoms with Gasteiger partial charge in [0.2, 0.25) is 5.95 Å². The average Bonchev–Trinajstić information content (AvgIpc) is 3.41. The number of anilines is 2. The highest BCUT2D eigenvalue weighted by molar-refractivity contribution is 5.68. The SMILES string of the molecule is C=Cc1nc(Nc2ccc(-c3cn[nH]c3)nc2)nn1C(=C)C(=C)C=CC(=C)OC. The third-order valence-corrected chi connectivity index (χ3v) is 3.99. The van der Waals surface area contributed by atoms with E-state index in [1.54, 1.807) is 48.6 Å². The van der Waals surface area contributed by atoms with Crippen LogP contribution in [0.5, 0.6) is 0 Å². The van der Waals surface area contributed by atoms with Gasteiger partial charge in [0, 0.05) is 11.8 Å². The van der Waals surface area contributed by atoms with E-state index < -0.39 is 0 Å². The lowest BCUT2D eigenvalue weighted by Gasteiger charge is -2.07. The molecule has 0 saturated heterocycles. The molecule has 0 saturated carbocycles. The molecule has 3 aromatic rings. The molecule has 8 nitrogen and oxygen atoms in total. The zero-order valence-corrected chi connectivity index (χ0v) is 16.1. The molecule has 3 aromatic heterocycles. The molecule has 0 aliphatic carbocycles. The molecule has 146 valence electrons. The zero-order valence-electron chi connectivity index (χ0n) is 16.1. The number of rotatable bonds is 9. The molecule has 0 spiro atoms. The van der Waals surface area contributed by atoms with Crippen LogP contribution in [0.1, 0.15) is 5.82 Å². The fourth-order valence-electron chi connectivity index (χ4n) is 2.36. The average molecular weight is 387 g/mol. The van der Waals surface area contributed by atoms with E-state index in [9.17, 15) is 0 Å². The second-order valence-corrected chi connectivity index (χ2v) is 5.93. The Balaban J connectivity index is 1.76.